The van der Waals surface area contributed by atoms with Crippen LogP contribution in [0, 0.1) is 11.3 Å². The zero-order valence-corrected chi connectivity index (χ0v) is 11.3. The number of nitrogens with zero attached hydrogens (tertiary/aromatic N) is 2. The van der Waals surface area contributed by atoms with Gasteiger partial charge in [0, 0.05) is 13.1 Å². The minimum Gasteiger partial charge on any atom is -0.392 e. The summed E-state index contributed by atoms with van der Waals surface area (Å²) in [6.45, 7) is 0.647. The van der Waals surface area contributed by atoms with E-state index in [1.165, 1.54) is 4.31 Å². The van der Waals surface area contributed by atoms with Crippen LogP contribution in [-0.2, 0) is 15.8 Å². The average Bonchev–Trinajstić information content (AvgIpc) is 2.39. The molecule has 0 unspecified atom stereocenters. The summed E-state index contributed by atoms with van der Waals surface area (Å²) in [5.74, 6) is -0.0918. The van der Waals surface area contributed by atoms with Crippen LogP contribution in [0.5, 0.6) is 0 Å². The van der Waals surface area contributed by atoms with Gasteiger partial charge in [-0.1, -0.05) is 12.1 Å². The third-order valence-corrected chi connectivity index (χ3v) is 5.00. The molecule has 0 spiro atoms. The van der Waals surface area contributed by atoms with E-state index in [1.54, 1.807) is 24.3 Å². The van der Waals surface area contributed by atoms with Crippen molar-refractivity contribution in [3.8, 4) is 6.07 Å². The highest BCUT2D eigenvalue weighted by Gasteiger charge is 2.27. The van der Waals surface area contributed by atoms with Gasteiger partial charge in [0.2, 0.25) is 10.0 Å². The summed E-state index contributed by atoms with van der Waals surface area (Å²) in [5.41, 5.74) is 1.16. The Bertz CT molecular complexity index is 575. The topological polar surface area (TPSA) is 81.4 Å². The molecule has 1 aliphatic heterocycles. The van der Waals surface area contributed by atoms with Crippen LogP contribution in [0.2, 0.25) is 0 Å². The molecule has 1 aromatic rings. The fourth-order valence-electron chi connectivity index (χ4n) is 2.15. The molecule has 5 nitrogen and oxygen atoms in total. The monoisotopic (exact) mass is 280 g/mol. The molecule has 102 valence electrons. The van der Waals surface area contributed by atoms with E-state index in [-0.39, 0.29) is 12.3 Å². The van der Waals surface area contributed by atoms with Gasteiger partial charge in [-0.15, -0.1) is 0 Å². The molecule has 1 N–H and O–H groups in total. The Morgan fingerprint density at radius 3 is 2.63 bits per heavy atom. The highest BCUT2D eigenvalue weighted by Crippen LogP contribution is 2.17. The lowest BCUT2D eigenvalue weighted by Gasteiger charge is -2.29. The molecule has 0 aromatic heterocycles. The standard InChI is InChI=1S/C13H16N2O3S/c14-8-11-3-5-12(6-4-11)10-19(17,18)15-7-1-2-13(16)9-15/h3-6,13,16H,1-2,7,9-10H2/t13-/m0/s1. The molecule has 1 atom stereocenters. The van der Waals surface area contributed by atoms with Crippen molar-refractivity contribution in [2.45, 2.75) is 24.7 Å². The van der Waals surface area contributed by atoms with Crippen molar-refractivity contribution in [3.05, 3.63) is 35.4 Å². The van der Waals surface area contributed by atoms with E-state index >= 15 is 0 Å². The number of sulfonamides is 1. The Morgan fingerprint density at radius 1 is 1.37 bits per heavy atom. The highest BCUT2D eigenvalue weighted by molar-refractivity contribution is 7.88. The number of benzene rings is 1. The third kappa shape index (κ3) is 3.53. The molecular formula is C13H16N2O3S. The minimum atomic E-state index is -3.40. The molecule has 2 rings (SSSR count). The first-order valence-corrected chi connectivity index (χ1v) is 7.77. The van der Waals surface area contributed by atoms with E-state index in [1.807, 2.05) is 6.07 Å². The van der Waals surface area contributed by atoms with Crippen molar-refractivity contribution < 1.29 is 13.5 Å². The van der Waals surface area contributed by atoms with Gasteiger partial charge in [-0.25, -0.2) is 8.42 Å². The summed E-state index contributed by atoms with van der Waals surface area (Å²) >= 11 is 0. The summed E-state index contributed by atoms with van der Waals surface area (Å²) in [6, 6.07) is 8.51. The number of hydrogen-bond donors (Lipinski definition) is 1. The second kappa shape index (κ2) is 5.70. The van der Waals surface area contributed by atoms with Crippen molar-refractivity contribution in [2.75, 3.05) is 13.1 Å². The highest BCUT2D eigenvalue weighted by atomic mass is 32.2. The quantitative estimate of drug-likeness (QED) is 0.889. The number of hydrogen-bond acceptors (Lipinski definition) is 4. The van der Waals surface area contributed by atoms with Crippen molar-refractivity contribution in [1.29, 1.82) is 5.26 Å². The molecular weight excluding hydrogens is 264 g/mol. The first-order chi connectivity index (χ1) is 9.01. The maximum Gasteiger partial charge on any atom is 0.218 e. The molecule has 6 heteroatoms. The van der Waals surface area contributed by atoms with Crippen LogP contribution >= 0.6 is 0 Å². The molecule has 1 heterocycles. The Labute approximate surface area is 113 Å². The van der Waals surface area contributed by atoms with Gasteiger partial charge in [-0.3, -0.25) is 0 Å². The molecule has 1 aliphatic rings. The molecule has 0 radical (unpaired) electrons. The minimum absolute atomic E-state index is 0.0918. The fourth-order valence-corrected chi connectivity index (χ4v) is 3.75. The van der Waals surface area contributed by atoms with Gasteiger partial charge < -0.3 is 5.11 Å². The Balaban J connectivity index is 2.09. The Kier molecular flexibility index (Phi) is 4.20. The van der Waals surface area contributed by atoms with E-state index in [0.29, 0.717) is 30.5 Å². The van der Waals surface area contributed by atoms with E-state index in [2.05, 4.69) is 0 Å². The van der Waals surface area contributed by atoms with Crippen LogP contribution in [0.25, 0.3) is 0 Å². The lowest BCUT2D eigenvalue weighted by atomic mass is 10.1. The first-order valence-electron chi connectivity index (χ1n) is 6.16. The molecule has 1 aromatic carbocycles. The number of aliphatic hydroxyl groups is 1. The molecule has 19 heavy (non-hydrogen) atoms. The molecule has 0 aliphatic carbocycles. The summed E-state index contributed by atoms with van der Waals surface area (Å²) in [7, 11) is -3.40. The fraction of sp³-hybridized carbons (Fsp3) is 0.462. The summed E-state index contributed by atoms with van der Waals surface area (Å²) in [4.78, 5) is 0. The predicted octanol–water partition coefficient (Wildman–Crippen LogP) is 0.845. The molecule has 0 amide bonds. The van der Waals surface area contributed by atoms with Gasteiger partial charge in [-0.05, 0) is 30.5 Å². The molecule has 0 bridgehead atoms. The van der Waals surface area contributed by atoms with Crippen molar-refractivity contribution >= 4 is 10.0 Å². The van der Waals surface area contributed by atoms with Crippen molar-refractivity contribution in [2.24, 2.45) is 0 Å². The van der Waals surface area contributed by atoms with Crippen LogP contribution in [0.1, 0.15) is 24.0 Å². The van der Waals surface area contributed by atoms with Crippen LogP contribution in [0.3, 0.4) is 0 Å². The number of β-amino-alcohol motifs (C(OH)–C–C–N with tert-alkyl or cyclic N) is 1. The number of nitriles is 1. The summed E-state index contributed by atoms with van der Waals surface area (Å²) in [5, 5.41) is 18.2. The number of rotatable bonds is 3. The average molecular weight is 280 g/mol. The molecule has 1 saturated heterocycles. The predicted molar refractivity (Wildman–Crippen MR) is 70.6 cm³/mol. The van der Waals surface area contributed by atoms with Crippen molar-refractivity contribution in [3.63, 3.8) is 0 Å². The first kappa shape index (κ1) is 14.0. The second-order valence-electron chi connectivity index (χ2n) is 4.72. The van der Waals surface area contributed by atoms with Gasteiger partial charge in [-0.2, -0.15) is 9.57 Å². The van der Waals surface area contributed by atoms with Gasteiger partial charge in [0.1, 0.15) is 0 Å². The van der Waals surface area contributed by atoms with Gasteiger partial charge in [0.15, 0.2) is 0 Å². The molecule has 1 fully saturated rings. The van der Waals surface area contributed by atoms with E-state index in [9.17, 15) is 13.5 Å². The maximum atomic E-state index is 12.2. The van der Waals surface area contributed by atoms with Crippen LogP contribution in [0.15, 0.2) is 24.3 Å². The van der Waals surface area contributed by atoms with Gasteiger partial charge in [0.05, 0.1) is 23.5 Å². The van der Waals surface area contributed by atoms with Gasteiger partial charge in [0.25, 0.3) is 0 Å². The lowest BCUT2D eigenvalue weighted by molar-refractivity contribution is 0.108. The van der Waals surface area contributed by atoms with E-state index in [4.69, 9.17) is 5.26 Å². The van der Waals surface area contributed by atoms with Crippen LogP contribution < -0.4 is 0 Å². The Hall–Kier alpha value is -1.42. The third-order valence-electron chi connectivity index (χ3n) is 3.18. The zero-order chi connectivity index (χ0) is 13.9. The zero-order valence-electron chi connectivity index (χ0n) is 10.5. The largest absolute Gasteiger partial charge is 0.392 e. The second-order valence-corrected chi connectivity index (χ2v) is 6.69. The van der Waals surface area contributed by atoms with E-state index < -0.39 is 16.1 Å². The van der Waals surface area contributed by atoms with Gasteiger partial charge >= 0.3 is 0 Å². The smallest absolute Gasteiger partial charge is 0.218 e. The maximum absolute atomic E-state index is 12.2. The number of piperidine rings is 1. The summed E-state index contributed by atoms with van der Waals surface area (Å²) < 4.78 is 25.8. The van der Waals surface area contributed by atoms with Crippen molar-refractivity contribution in [1.82, 2.24) is 4.31 Å². The Morgan fingerprint density at radius 2 is 2.05 bits per heavy atom. The van der Waals surface area contributed by atoms with E-state index in [0.717, 1.165) is 0 Å². The summed E-state index contributed by atoms with van der Waals surface area (Å²) in [6.07, 6.45) is 0.779. The lowest BCUT2D eigenvalue weighted by Crippen LogP contribution is -2.42. The van der Waals surface area contributed by atoms with Crippen LogP contribution in [-0.4, -0.2) is 37.0 Å². The SMILES string of the molecule is N#Cc1ccc(CS(=O)(=O)N2CCC[C@H](O)C2)cc1. The van der Waals surface area contributed by atoms with Crippen LogP contribution in [0.4, 0.5) is 0 Å². The molecule has 0 saturated carbocycles. The number of aliphatic hydroxyl groups excluding tert-OH is 1. The normalized spacial score (nSPS) is 20.9.